The first-order valence-corrected chi connectivity index (χ1v) is 17.6. The van der Waals surface area contributed by atoms with Crippen molar-refractivity contribution in [1.82, 2.24) is 4.98 Å². The Hall–Kier alpha value is -3.01. The summed E-state index contributed by atoms with van der Waals surface area (Å²) < 4.78 is 85.4. The zero-order valence-electron chi connectivity index (χ0n) is 24.9. The number of carboxylic acid groups (broad SMARTS) is 1. The Balaban J connectivity index is 0.000000276. The van der Waals surface area contributed by atoms with Gasteiger partial charge in [0, 0.05) is 15.8 Å². The standard InChI is InChI=1S/C18H21F3N2O3S2.C11H11ClO4S/c1-16(2,3)13-10-27-15(22-13)23-14(24)17(4,5)28(25,26)12-8-6-7-11(9-12)18(19,20)21;12-8-2-4-9(5-3-8)17(15,16)11(10(13)14)6-1-7-11/h6-10H,1-5H3,(H,22,23,24);2-5H,1,6-7H2,(H,13,14). The van der Waals surface area contributed by atoms with Gasteiger partial charge in [0.2, 0.25) is 5.91 Å². The fourth-order valence-corrected chi connectivity index (χ4v) is 8.60. The van der Waals surface area contributed by atoms with E-state index in [1.807, 2.05) is 20.8 Å². The molecule has 0 spiro atoms. The van der Waals surface area contributed by atoms with Crippen molar-refractivity contribution in [1.29, 1.82) is 0 Å². The largest absolute Gasteiger partial charge is 0.480 e. The Bertz CT molecular complexity index is 1790. The molecule has 9 nitrogen and oxygen atoms in total. The predicted octanol–water partition coefficient (Wildman–Crippen LogP) is 6.77. The molecule has 1 fully saturated rings. The van der Waals surface area contributed by atoms with Gasteiger partial charge in [-0.3, -0.25) is 9.59 Å². The monoisotopic (exact) mass is 708 g/mol. The normalized spacial score (nSPS) is 15.3. The number of aliphatic carboxylic acids is 1. The van der Waals surface area contributed by atoms with Crippen LogP contribution in [0, 0.1) is 0 Å². The van der Waals surface area contributed by atoms with Gasteiger partial charge < -0.3 is 10.4 Å². The highest BCUT2D eigenvalue weighted by Crippen LogP contribution is 2.43. The molecule has 0 aliphatic heterocycles. The van der Waals surface area contributed by atoms with Gasteiger partial charge in [-0.2, -0.15) is 13.2 Å². The predicted molar refractivity (Wildman–Crippen MR) is 165 cm³/mol. The number of sulfone groups is 2. The van der Waals surface area contributed by atoms with Gasteiger partial charge in [-0.1, -0.05) is 38.4 Å². The van der Waals surface area contributed by atoms with E-state index in [2.05, 4.69) is 10.3 Å². The fourth-order valence-electron chi connectivity index (χ4n) is 4.11. The molecule has 16 heteroatoms. The number of benzene rings is 2. The van der Waals surface area contributed by atoms with Crippen molar-refractivity contribution >= 4 is 59.6 Å². The van der Waals surface area contributed by atoms with Gasteiger partial charge in [-0.25, -0.2) is 21.8 Å². The Morgan fingerprint density at radius 2 is 1.53 bits per heavy atom. The minimum Gasteiger partial charge on any atom is -0.480 e. The van der Waals surface area contributed by atoms with E-state index in [9.17, 15) is 39.6 Å². The van der Waals surface area contributed by atoms with Crippen LogP contribution in [0.5, 0.6) is 0 Å². The smallest absolute Gasteiger partial charge is 0.416 e. The molecule has 45 heavy (non-hydrogen) atoms. The lowest BCUT2D eigenvalue weighted by molar-refractivity contribution is -0.142. The van der Waals surface area contributed by atoms with E-state index in [4.69, 9.17) is 16.7 Å². The summed E-state index contributed by atoms with van der Waals surface area (Å²) in [5.41, 5.74) is -0.620. The van der Waals surface area contributed by atoms with Crippen molar-refractivity contribution in [2.45, 2.75) is 84.8 Å². The van der Waals surface area contributed by atoms with E-state index < -0.39 is 57.7 Å². The van der Waals surface area contributed by atoms with Gasteiger partial charge in [-0.05, 0) is 75.6 Å². The number of alkyl halides is 3. The number of carbonyl (C=O) groups is 2. The number of amides is 1. The molecule has 1 heterocycles. The number of anilines is 1. The average Bonchev–Trinajstić information content (AvgIpc) is 3.37. The van der Waals surface area contributed by atoms with E-state index in [1.165, 1.54) is 24.3 Å². The van der Waals surface area contributed by atoms with E-state index in [1.54, 1.807) is 5.38 Å². The summed E-state index contributed by atoms with van der Waals surface area (Å²) in [6, 6.07) is 8.94. The fraction of sp³-hybridized carbons (Fsp3) is 0.414. The third-order valence-electron chi connectivity index (χ3n) is 7.37. The van der Waals surface area contributed by atoms with Gasteiger partial charge >= 0.3 is 12.1 Å². The molecule has 1 amide bonds. The van der Waals surface area contributed by atoms with Gasteiger partial charge in [-0.15, -0.1) is 11.3 Å². The van der Waals surface area contributed by atoms with Crippen LogP contribution in [0.1, 0.15) is 65.1 Å². The first kappa shape index (κ1) is 36.5. The molecule has 1 aliphatic rings. The number of hydrogen-bond donors (Lipinski definition) is 2. The number of carbonyl (C=O) groups excluding carboxylic acids is 1. The third-order valence-corrected chi connectivity index (χ3v) is 13.3. The number of hydrogen-bond acceptors (Lipinski definition) is 8. The Morgan fingerprint density at radius 1 is 0.956 bits per heavy atom. The van der Waals surface area contributed by atoms with Crippen LogP contribution in [0.15, 0.2) is 63.7 Å². The van der Waals surface area contributed by atoms with Crippen molar-refractivity contribution < 1.29 is 44.7 Å². The number of rotatable bonds is 7. The van der Waals surface area contributed by atoms with Gasteiger partial charge in [0.1, 0.15) is 4.75 Å². The maximum absolute atomic E-state index is 12.9. The van der Waals surface area contributed by atoms with E-state index in [0.29, 0.717) is 17.5 Å². The van der Waals surface area contributed by atoms with Crippen molar-refractivity contribution in [3.05, 3.63) is 70.2 Å². The highest BCUT2D eigenvalue weighted by molar-refractivity contribution is 7.94. The summed E-state index contributed by atoms with van der Waals surface area (Å²) in [6.07, 6.45) is -3.72. The summed E-state index contributed by atoms with van der Waals surface area (Å²) in [7, 11) is -8.24. The average molecular weight is 709 g/mol. The molecule has 0 radical (unpaired) electrons. The molecular formula is C29H32ClF3N2O7S3. The number of halogens is 4. The van der Waals surface area contributed by atoms with Crippen LogP contribution in [0.25, 0.3) is 0 Å². The lowest BCUT2D eigenvalue weighted by Gasteiger charge is -2.36. The topological polar surface area (TPSA) is 148 Å². The van der Waals surface area contributed by atoms with Crippen molar-refractivity contribution in [2.24, 2.45) is 0 Å². The molecule has 1 aromatic heterocycles. The molecule has 0 saturated heterocycles. The number of thiazole rings is 1. The second-order valence-corrected chi connectivity index (χ2v) is 17.9. The van der Waals surface area contributed by atoms with E-state index >= 15 is 0 Å². The van der Waals surface area contributed by atoms with Crippen LogP contribution in [-0.4, -0.2) is 48.3 Å². The summed E-state index contributed by atoms with van der Waals surface area (Å²) >= 11 is 6.82. The second kappa shape index (κ2) is 12.6. The molecule has 3 aromatic rings. The number of nitrogens with one attached hydrogen (secondary N) is 1. The van der Waals surface area contributed by atoms with E-state index in [0.717, 1.165) is 49.1 Å². The maximum Gasteiger partial charge on any atom is 0.416 e. The van der Waals surface area contributed by atoms with Crippen molar-refractivity contribution in [3.8, 4) is 0 Å². The van der Waals surface area contributed by atoms with E-state index in [-0.39, 0.29) is 28.3 Å². The molecule has 0 bridgehead atoms. The third kappa shape index (κ3) is 7.36. The molecule has 1 saturated carbocycles. The van der Waals surface area contributed by atoms with Crippen LogP contribution in [0.2, 0.25) is 5.02 Å². The Kier molecular flexibility index (Phi) is 10.2. The van der Waals surface area contributed by atoms with Gasteiger partial charge in [0.25, 0.3) is 0 Å². The zero-order chi connectivity index (χ0) is 34.2. The molecule has 2 aromatic carbocycles. The number of carboxylic acids is 1. The lowest BCUT2D eigenvalue weighted by Crippen LogP contribution is -2.51. The molecule has 2 N–H and O–H groups in total. The van der Waals surface area contributed by atoms with Crippen LogP contribution in [0.4, 0.5) is 18.3 Å². The zero-order valence-corrected chi connectivity index (χ0v) is 28.1. The van der Waals surface area contributed by atoms with Crippen LogP contribution in [0.3, 0.4) is 0 Å². The van der Waals surface area contributed by atoms with Crippen molar-refractivity contribution in [3.63, 3.8) is 0 Å². The van der Waals surface area contributed by atoms with Crippen LogP contribution >= 0.6 is 22.9 Å². The molecular weight excluding hydrogens is 677 g/mol. The highest BCUT2D eigenvalue weighted by Gasteiger charge is 2.56. The number of nitrogens with zero attached hydrogens (tertiary/aromatic N) is 1. The molecule has 246 valence electrons. The summed E-state index contributed by atoms with van der Waals surface area (Å²) in [5.74, 6) is -2.14. The highest BCUT2D eigenvalue weighted by atomic mass is 35.5. The summed E-state index contributed by atoms with van der Waals surface area (Å²) in [4.78, 5) is 27.6. The summed E-state index contributed by atoms with van der Waals surface area (Å²) in [5, 5.41) is 14.0. The first-order valence-electron chi connectivity index (χ1n) is 13.4. The lowest BCUT2D eigenvalue weighted by atomic mass is 9.84. The second-order valence-electron chi connectivity index (χ2n) is 11.9. The van der Waals surface area contributed by atoms with Gasteiger partial charge in [0.05, 0.1) is 21.0 Å². The van der Waals surface area contributed by atoms with Crippen LogP contribution in [-0.2, 0) is 40.9 Å². The SMILES string of the molecule is CC(C)(C)c1csc(NC(=O)C(C)(C)S(=O)(=O)c2cccc(C(F)(F)F)c2)n1.O=C(O)C1(S(=O)(=O)c2ccc(Cl)cc2)CCC1. The van der Waals surface area contributed by atoms with Crippen LogP contribution < -0.4 is 5.32 Å². The van der Waals surface area contributed by atoms with Crippen molar-refractivity contribution in [2.75, 3.05) is 5.32 Å². The quantitative estimate of drug-likeness (QED) is 0.273. The molecule has 0 unspecified atom stereocenters. The Morgan fingerprint density at radius 3 is 1.98 bits per heavy atom. The minimum atomic E-state index is -4.69. The minimum absolute atomic E-state index is 0.0176. The molecule has 0 atom stereocenters. The van der Waals surface area contributed by atoms with Gasteiger partial charge in [0.15, 0.2) is 29.6 Å². The first-order chi connectivity index (χ1) is 20.5. The summed E-state index contributed by atoms with van der Waals surface area (Å²) in [6.45, 7) is 8.12. The maximum atomic E-state index is 12.9. The Labute approximate surface area is 268 Å². The number of aromatic nitrogens is 1. The molecule has 4 rings (SSSR count). The molecule has 1 aliphatic carbocycles.